The topological polar surface area (TPSA) is 38.7 Å². The number of hydrogen-bond acceptors (Lipinski definition) is 4. The maximum Gasteiger partial charge on any atom is 0.0773 e. The Bertz CT molecular complexity index is 346. The molecule has 3 aliphatic rings. The third kappa shape index (κ3) is 3.03. The van der Waals surface area contributed by atoms with Gasteiger partial charge in [-0.1, -0.05) is 13.8 Å². The molecule has 3 fully saturated rings. The van der Waals surface area contributed by atoms with Crippen LogP contribution in [0.2, 0.25) is 0 Å². The van der Waals surface area contributed by atoms with Crippen LogP contribution in [0, 0.1) is 11.3 Å². The van der Waals surface area contributed by atoms with E-state index >= 15 is 0 Å². The van der Waals surface area contributed by atoms with Crippen LogP contribution in [0.5, 0.6) is 0 Å². The highest BCUT2D eigenvalue weighted by Gasteiger charge is 2.49. The Morgan fingerprint density at radius 3 is 2.55 bits per heavy atom. The Balaban J connectivity index is 1.72. The summed E-state index contributed by atoms with van der Waals surface area (Å²) >= 11 is 1.92. The standard InChI is InChI=1S/C16H28O3S/c1-14(2)10-16(17,12-20-11-14)13-3-6-19-15(9-13)4-7-18-8-5-15/h13,17H,3-12H2,1-2H3. The van der Waals surface area contributed by atoms with Gasteiger partial charge in [-0.05, 0) is 49.2 Å². The minimum absolute atomic E-state index is 0.0108. The molecule has 3 heterocycles. The molecule has 0 aliphatic carbocycles. The molecule has 0 aromatic carbocycles. The normalized spacial score (nSPS) is 40.6. The first-order valence-electron chi connectivity index (χ1n) is 7.95. The lowest BCUT2D eigenvalue weighted by molar-refractivity contribution is -0.176. The molecule has 2 unspecified atom stereocenters. The predicted octanol–water partition coefficient (Wildman–Crippen LogP) is 2.86. The summed E-state index contributed by atoms with van der Waals surface area (Å²) in [5.74, 6) is 2.45. The van der Waals surface area contributed by atoms with Gasteiger partial charge in [-0.2, -0.15) is 11.8 Å². The van der Waals surface area contributed by atoms with Gasteiger partial charge in [0.2, 0.25) is 0 Å². The van der Waals surface area contributed by atoms with Gasteiger partial charge in [0.1, 0.15) is 0 Å². The molecule has 3 rings (SSSR count). The summed E-state index contributed by atoms with van der Waals surface area (Å²) in [4.78, 5) is 0. The van der Waals surface area contributed by atoms with E-state index in [1.807, 2.05) is 11.8 Å². The molecule has 0 aromatic rings. The zero-order valence-electron chi connectivity index (χ0n) is 12.8. The summed E-state index contributed by atoms with van der Waals surface area (Å²) in [6, 6.07) is 0. The molecule has 4 heteroatoms. The van der Waals surface area contributed by atoms with Crippen molar-refractivity contribution in [3.05, 3.63) is 0 Å². The summed E-state index contributed by atoms with van der Waals surface area (Å²) in [5, 5.41) is 11.2. The lowest BCUT2D eigenvalue weighted by Crippen LogP contribution is -2.54. The van der Waals surface area contributed by atoms with Gasteiger partial charge in [0.25, 0.3) is 0 Å². The smallest absolute Gasteiger partial charge is 0.0773 e. The Labute approximate surface area is 126 Å². The predicted molar refractivity (Wildman–Crippen MR) is 82.1 cm³/mol. The maximum absolute atomic E-state index is 11.2. The van der Waals surface area contributed by atoms with Gasteiger partial charge in [0.15, 0.2) is 0 Å². The van der Waals surface area contributed by atoms with Crippen LogP contribution in [-0.2, 0) is 9.47 Å². The van der Waals surface area contributed by atoms with Crippen molar-refractivity contribution < 1.29 is 14.6 Å². The molecule has 3 saturated heterocycles. The molecule has 1 N–H and O–H groups in total. The highest BCUT2D eigenvalue weighted by Crippen LogP contribution is 2.48. The maximum atomic E-state index is 11.2. The van der Waals surface area contributed by atoms with E-state index in [9.17, 15) is 5.11 Å². The first-order chi connectivity index (χ1) is 9.43. The van der Waals surface area contributed by atoms with Gasteiger partial charge in [-0.3, -0.25) is 0 Å². The van der Waals surface area contributed by atoms with Crippen molar-refractivity contribution in [1.82, 2.24) is 0 Å². The van der Waals surface area contributed by atoms with Crippen LogP contribution in [0.3, 0.4) is 0 Å². The van der Waals surface area contributed by atoms with Crippen LogP contribution >= 0.6 is 11.8 Å². The zero-order valence-corrected chi connectivity index (χ0v) is 13.6. The van der Waals surface area contributed by atoms with E-state index in [-0.39, 0.29) is 11.0 Å². The number of aliphatic hydroxyl groups is 1. The Morgan fingerprint density at radius 1 is 1.10 bits per heavy atom. The van der Waals surface area contributed by atoms with Crippen LogP contribution in [0.15, 0.2) is 0 Å². The fourth-order valence-electron chi connectivity index (χ4n) is 4.28. The summed E-state index contributed by atoms with van der Waals surface area (Å²) in [5.41, 5.74) is -0.260. The highest BCUT2D eigenvalue weighted by atomic mass is 32.2. The second kappa shape index (κ2) is 5.45. The number of hydrogen-bond donors (Lipinski definition) is 1. The second-order valence-electron chi connectivity index (χ2n) is 7.77. The molecule has 116 valence electrons. The Hall–Kier alpha value is 0.230. The Kier molecular flexibility index (Phi) is 4.13. The van der Waals surface area contributed by atoms with Gasteiger partial charge in [-0.25, -0.2) is 0 Å². The lowest BCUT2D eigenvalue weighted by Gasteiger charge is -2.51. The van der Waals surface area contributed by atoms with E-state index in [2.05, 4.69) is 13.8 Å². The van der Waals surface area contributed by atoms with E-state index in [1.165, 1.54) is 0 Å². The molecule has 0 bridgehead atoms. The zero-order chi connectivity index (χ0) is 14.3. The van der Waals surface area contributed by atoms with Gasteiger partial charge in [0, 0.05) is 25.6 Å². The largest absolute Gasteiger partial charge is 0.389 e. The van der Waals surface area contributed by atoms with Crippen molar-refractivity contribution in [2.75, 3.05) is 31.3 Å². The van der Waals surface area contributed by atoms with Gasteiger partial charge in [-0.15, -0.1) is 0 Å². The molecule has 0 amide bonds. The molecule has 3 aliphatic heterocycles. The van der Waals surface area contributed by atoms with E-state index in [4.69, 9.17) is 9.47 Å². The van der Waals surface area contributed by atoms with Crippen molar-refractivity contribution >= 4 is 11.8 Å². The van der Waals surface area contributed by atoms with Gasteiger partial charge < -0.3 is 14.6 Å². The molecule has 1 spiro atoms. The average Bonchev–Trinajstić information content (AvgIpc) is 2.38. The summed E-state index contributed by atoms with van der Waals surface area (Å²) in [6.07, 6.45) is 4.95. The molecular formula is C16H28O3S. The average molecular weight is 300 g/mol. The molecular weight excluding hydrogens is 272 g/mol. The van der Waals surface area contributed by atoms with Crippen molar-refractivity contribution in [2.45, 2.75) is 57.2 Å². The van der Waals surface area contributed by atoms with Crippen LogP contribution in [-0.4, -0.2) is 47.6 Å². The minimum Gasteiger partial charge on any atom is -0.389 e. The number of thioether (sulfide) groups is 1. The van der Waals surface area contributed by atoms with Crippen LogP contribution in [0.4, 0.5) is 0 Å². The van der Waals surface area contributed by atoms with E-state index in [0.29, 0.717) is 5.92 Å². The minimum atomic E-state index is -0.499. The quantitative estimate of drug-likeness (QED) is 0.808. The van der Waals surface area contributed by atoms with Crippen molar-refractivity contribution in [1.29, 1.82) is 0 Å². The van der Waals surface area contributed by atoms with E-state index < -0.39 is 5.60 Å². The molecule has 3 nitrogen and oxygen atoms in total. The Morgan fingerprint density at radius 2 is 1.85 bits per heavy atom. The first kappa shape index (κ1) is 15.1. The first-order valence-corrected chi connectivity index (χ1v) is 9.11. The summed E-state index contributed by atoms with van der Waals surface area (Å²) in [7, 11) is 0. The molecule has 2 atom stereocenters. The summed E-state index contributed by atoms with van der Waals surface area (Å²) in [6.45, 7) is 7.00. The van der Waals surface area contributed by atoms with Crippen molar-refractivity contribution in [2.24, 2.45) is 11.3 Å². The van der Waals surface area contributed by atoms with Gasteiger partial charge in [0.05, 0.1) is 11.2 Å². The molecule has 0 saturated carbocycles. The van der Waals surface area contributed by atoms with E-state index in [1.54, 1.807) is 0 Å². The summed E-state index contributed by atoms with van der Waals surface area (Å²) < 4.78 is 11.6. The number of rotatable bonds is 1. The van der Waals surface area contributed by atoms with Crippen molar-refractivity contribution in [3.8, 4) is 0 Å². The molecule has 20 heavy (non-hydrogen) atoms. The molecule has 0 radical (unpaired) electrons. The third-order valence-corrected chi connectivity index (χ3v) is 6.98. The van der Waals surface area contributed by atoms with Crippen LogP contribution < -0.4 is 0 Å². The highest BCUT2D eigenvalue weighted by molar-refractivity contribution is 7.99. The lowest BCUT2D eigenvalue weighted by atomic mass is 9.68. The second-order valence-corrected chi connectivity index (χ2v) is 8.76. The third-order valence-electron chi connectivity index (χ3n) is 5.29. The molecule has 0 aromatic heterocycles. The van der Waals surface area contributed by atoms with Crippen LogP contribution in [0.1, 0.15) is 46.0 Å². The van der Waals surface area contributed by atoms with Crippen LogP contribution in [0.25, 0.3) is 0 Å². The van der Waals surface area contributed by atoms with E-state index in [0.717, 1.165) is 63.4 Å². The number of ether oxygens (including phenoxy) is 2. The fourth-order valence-corrected chi connectivity index (χ4v) is 5.72. The fraction of sp³-hybridized carbons (Fsp3) is 1.00. The van der Waals surface area contributed by atoms with Crippen molar-refractivity contribution in [3.63, 3.8) is 0 Å². The monoisotopic (exact) mass is 300 g/mol. The SMILES string of the molecule is CC1(C)CSCC(O)(C2CCOC3(CCOCC3)C2)C1. The van der Waals surface area contributed by atoms with Gasteiger partial charge >= 0.3 is 0 Å².